The molecule has 4 nitrogen and oxygen atoms in total. The van der Waals surface area contributed by atoms with E-state index < -0.39 is 0 Å². The second-order valence-electron chi connectivity index (χ2n) is 10.6. The van der Waals surface area contributed by atoms with Crippen LogP contribution in [-0.4, -0.2) is 34.7 Å². The summed E-state index contributed by atoms with van der Waals surface area (Å²) in [6.07, 6.45) is 25.8. The molecule has 0 aliphatic heterocycles. The van der Waals surface area contributed by atoms with Crippen molar-refractivity contribution in [3.8, 4) is 0 Å². The Hall–Kier alpha value is -4.31. The molecule has 0 amide bonds. The highest BCUT2D eigenvalue weighted by molar-refractivity contribution is 5.70. The first-order chi connectivity index (χ1) is 19.9. The number of aromatic nitrogens is 1. The summed E-state index contributed by atoms with van der Waals surface area (Å²) in [4.78, 5) is 4.22. The maximum atomic E-state index is 3.85. The van der Waals surface area contributed by atoms with Gasteiger partial charge in [-0.2, -0.15) is 0 Å². The molecule has 1 heterocycles. The monoisotopic (exact) mass is 547 g/mol. The molecule has 0 spiro atoms. The molecule has 0 radical (unpaired) electrons. The van der Waals surface area contributed by atoms with Gasteiger partial charge in [-0.15, -0.1) is 0 Å². The number of nitrogens with zero attached hydrogens (tertiary/aromatic N) is 3. The third kappa shape index (κ3) is 11.8. The van der Waals surface area contributed by atoms with E-state index in [-0.39, 0.29) is 0 Å². The average Bonchev–Trinajstić information content (AvgIpc) is 2.99. The number of rotatable bonds is 16. The van der Waals surface area contributed by atoms with Gasteiger partial charge in [0, 0.05) is 64.7 Å². The lowest BCUT2D eigenvalue weighted by Gasteiger charge is -2.11. The number of allylic oxidation sites excluding steroid dienone is 5. The van der Waals surface area contributed by atoms with Gasteiger partial charge in [-0.05, 0) is 71.6 Å². The predicted molar refractivity (Wildman–Crippen MR) is 180 cm³/mol. The Morgan fingerprint density at radius 1 is 0.683 bits per heavy atom. The highest BCUT2D eigenvalue weighted by atomic mass is 15.1. The van der Waals surface area contributed by atoms with E-state index in [0.29, 0.717) is 0 Å². The van der Waals surface area contributed by atoms with Crippen LogP contribution in [0.25, 0.3) is 18.2 Å². The van der Waals surface area contributed by atoms with Gasteiger partial charge in [-0.3, -0.25) is 0 Å². The third-order valence-electron chi connectivity index (χ3n) is 6.86. The molecule has 0 atom stereocenters. The van der Waals surface area contributed by atoms with Crippen LogP contribution < -0.4 is 19.7 Å². The van der Waals surface area contributed by atoms with Gasteiger partial charge >= 0.3 is 0 Å². The van der Waals surface area contributed by atoms with Crippen molar-refractivity contribution in [3.63, 3.8) is 0 Å². The van der Waals surface area contributed by atoms with Crippen LogP contribution >= 0.6 is 0 Å². The second kappa shape index (κ2) is 17.4. The van der Waals surface area contributed by atoms with Crippen molar-refractivity contribution in [2.45, 2.75) is 32.2 Å². The fourth-order valence-electron chi connectivity index (χ4n) is 4.30. The molecule has 1 N–H and O–H groups in total. The molecule has 3 rings (SSSR count). The summed E-state index contributed by atoms with van der Waals surface area (Å²) >= 11 is 0. The molecule has 0 saturated heterocycles. The quantitative estimate of drug-likeness (QED) is 0.113. The fourth-order valence-corrected chi connectivity index (χ4v) is 4.30. The van der Waals surface area contributed by atoms with Crippen LogP contribution in [0.1, 0.15) is 42.4 Å². The van der Waals surface area contributed by atoms with E-state index in [1.165, 1.54) is 53.7 Å². The molecule has 3 aromatic rings. The number of hydrogen-bond acceptors (Lipinski definition) is 3. The van der Waals surface area contributed by atoms with Crippen molar-refractivity contribution < 1.29 is 4.57 Å². The summed E-state index contributed by atoms with van der Waals surface area (Å²) in [7, 11) is 8.23. The summed E-state index contributed by atoms with van der Waals surface area (Å²) in [5.74, 6) is 0. The lowest BCUT2D eigenvalue weighted by Crippen LogP contribution is -2.32. The van der Waals surface area contributed by atoms with Crippen molar-refractivity contribution >= 4 is 29.6 Å². The van der Waals surface area contributed by atoms with Gasteiger partial charge in [0.15, 0.2) is 12.4 Å². The normalized spacial score (nSPS) is 12.0. The van der Waals surface area contributed by atoms with Gasteiger partial charge < -0.3 is 15.1 Å². The largest absolute Gasteiger partial charge is 0.391 e. The number of unbranched alkanes of at least 4 members (excludes halogenated alkanes) is 3. The molecule has 214 valence electrons. The van der Waals surface area contributed by atoms with E-state index in [0.717, 1.165) is 18.7 Å². The summed E-state index contributed by atoms with van der Waals surface area (Å²) in [6, 6.07) is 21.5. The molecular formula is C37H47N4+. The zero-order valence-electron chi connectivity index (χ0n) is 25.3. The maximum Gasteiger partial charge on any atom is 0.169 e. The Kier molecular flexibility index (Phi) is 13.2. The molecule has 0 bridgehead atoms. The number of anilines is 2. The number of benzene rings is 2. The minimum Gasteiger partial charge on any atom is -0.391 e. The van der Waals surface area contributed by atoms with Crippen LogP contribution in [-0.2, 0) is 6.54 Å². The van der Waals surface area contributed by atoms with Crippen molar-refractivity contribution in [1.29, 1.82) is 0 Å². The van der Waals surface area contributed by atoms with Gasteiger partial charge in [0.2, 0.25) is 0 Å². The number of pyridine rings is 1. The van der Waals surface area contributed by atoms with Crippen molar-refractivity contribution in [1.82, 2.24) is 5.32 Å². The fraction of sp³-hybridized carbons (Fsp3) is 0.270. The molecule has 4 heteroatoms. The van der Waals surface area contributed by atoms with Crippen LogP contribution in [0.4, 0.5) is 11.4 Å². The van der Waals surface area contributed by atoms with Gasteiger partial charge in [0.05, 0.1) is 0 Å². The van der Waals surface area contributed by atoms with Crippen molar-refractivity contribution in [2.24, 2.45) is 0 Å². The first kappa shape index (κ1) is 31.2. The third-order valence-corrected chi connectivity index (χ3v) is 6.86. The van der Waals surface area contributed by atoms with Crippen LogP contribution in [0.3, 0.4) is 0 Å². The molecule has 0 aliphatic carbocycles. The summed E-state index contributed by atoms with van der Waals surface area (Å²) in [5.41, 5.74) is 7.14. The summed E-state index contributed by atoms with van der Waals surface area (Å²) < 4.78 is 2.28. The zero-order chi connectivity index (χ0) is 29.3. The van der Waals surface area contributed by atoms with Crippen LogP contribution in [0, 0.1) is 0 Å². The molecule has 0 aliphatic rings. The summed E-state index contributed by atoms with van der Waals surface area (Å²) in [6.45, 7) is 5.89. The van der Waals surface area contributed by atoms with Gasteiger partial charge in [-0.25, -0.2) is 4.57 Å². The van der Waals surface area contributed by atoms with Gasteiger partial charge in [0.1, 0.15) is 6.54 Å². The lowest BCUT2D eigenvalue weighted by molar-refractivity contribution is -0.697. The highest BCUT2D eigenvalue weighted by Crippen LogP contribution is 2.15. The van der Waals surface area contributed by atoms with E-state index >= 15 is 0 Å². The molecule has 0 fully saturated rings. The van der Waals surface area contributed by atoms with E-state index in [1.54, 1.807) is 0 Å². The average molecular weight is 548 g/mol. The van der Waals surface area contributed by atoms with E-state index in [1.807, 2.05) is 18.4 Å². The molecule has 0 unspecified atom stereocenters. The maximum absolute atomic E-state index is 3.85. The Morgan fingerprint density at radius 2 is 1.22 bits per heavy atom. The van der Waals surface area contributed by atoms with E-state index in [4.69, 9.17) is 0 Å². The Balaban J connectivity index is 1.30. The standard InChI is InChI=1S/C37H47N4/c1-6-11-32(12-13-33-16-20-36(21-17-33)39(2)3)24-28-38-27-9-7-8-10-29-41-30-25-35(26-31-41)15-14-34-18-22-37(23-19-34)40(4)5/h6,11-26,28,30-31,38H,1,7-10,27,29H2,2-5H3/q+1/b13-12+,28-24-,32-11-. The molecule has 0 saturated carbocycles. The number of aryl methyl sites for hydroxylation is 1. The Labute approximate surface area is 248 Å². The number of hydrogen-bond donors (Lipinski definition) is 1. The Morgan fingerprint density at radius 3 is 1.78 bits per heavy atom. The van der Waals surface area contributed by atoms with Crippen LogP contribution in [0.2, 0.25) is 0 Å². The minimum atomic E-state index is 0.986. The lowest BCUT2D eigenvalue weighted by atomic mass is 10.1. The molecule has 41 heavy (non-hydrogen) atoms. The first-order valence-corrected chi connectivity index (χ1v) is 14.6. The molecular weight excluding hydrogens is 500 g/mol. The zero-order valence-corrected chi connectivity index (χ0v) is 25.3. The first-order valence-electron chi connectivity index (χ1n) is 14.6. The van der Waals surface area contributed by atoms with Gasteiger partial charge in [0.25, 0.3) is 0 Å². The van der Waals surface area contributed by atoms with Crippen molar-refractivity contribution in [2.75, 3.05) is 44.5 Å². The van der Waals surface area contributed by atoms with Crippen molar-refractivity contribution in [3.05, 3.63) is 132 Å². The Bertz CT molecular complexity index is 1290. The number of nitrogens with one attached hydrogen (secondary N) is 1. The molecule has 2 aromatic carbocycles. The SMILES string of the molecule is C=C/C=C(\C=C/NCCCCCC[n+]1ccc(/C=C/c2ccc(N(C)C)cc2)cc1)/C=C/c1ccc(N(C)C)cc1. The predicted octanol–water partition coefficient (Wildman–Crippen LogP) is 7.77. The highest BCUT2D eigenvalue weighted by Gasteiger charge is 2.00. The molecule has 1 aromatic heterocycles. The summed E-state index contributed by atoms with van der Waals surface area (Å²) in [5, 5.41) is 3.43. The van der Waals surface area contributed by atoms with Crippen LogP contribution in [0.15, 0.2) is 116 Å². The topological polar surface area (TPSA) is 22.4 Å². The van der Waals surface area contributed by atoms with E-state index in [9.17, 15) is 0 Å². The van der Waals surface area contributed by atoms with E-state index in [2.05, 4.69) is 158 Å². The van der Waals surface area contributed by atoms with Crippen LogP contribution in [0.5, 0.6) is 0 Å². The smallest absolute Gasteiger partial charge is 0.169 e. The second-order valence-corrected chi connectivity index (χ2v) is 10.6. The minimum absolute atomic E-state index is 0.986. The van der Waals surface area contributed by atoms with Gasteiger partial charge in [-0.1, -0.05) is 73.7 Å².